The van der Waals surface area contributed by atoms with Crippen molar-refractivity contribution in [1.82, 2.24) is 10.2 Å². The highest BCUT2D eigenvalue weighted by Gasteiger charge is 2.30. The molecule has 1 fully saturated rings. The van der Waals surface area contributed by atoms with E-state index < -0.39 is 11.7 Å². The molecule has 3 aromatic rings. The molecule has 4 rings (SSSR count). The van der Waals surface area contributed by atoms with Gasteiger partial charge >= 0.3 is 6.18 Å². The maximum atomic E-state index is 12.7. The zero-order valence-electron chi connectivity index (χ0n) is 17.2. The van der Waals surface area contributed by atoms with Crippen LogP contribution in [0.3, 0.4) is 0 Å². The quantitative estimate of drug-likeness (QED) is 0.597. The summed E-state index contributed by atoms with van der Waals surface area (Å²) in [6.07, 6.45) is -4.39. The molecule has 1 heterocycles. The van der Waals surface area contributed by atoms with E-state index in [0.717, 1.165) is 36.0 Å². The first-order chi connectivity index (χ1) is 14.7. The SMILES string of the molecule is C[C@H](NC(=O)c1ccc2c(Oc3ccc(C(F)(F)F)cc3)cccc2c1)C1CN(C)C1. The summed E-state index contributed by atoms with van der Waals surface area (Å²) in [5.74, 6) is 1.15. The van der Waals surface area contributed by atoms with E-state index in [1.165, 1.54) is 12.1 Å². The van der Waals surface area contributed by atoms with Crippen molar-refractivity contribution in [3.8, 4) is 11.5 Å². The minimum absolute atomic E-state index is 0.0914. The Balaban J connectivity index is 1.51. The van der Waals surface area contributed by atoms with Crippen LogP contribution in [0.2, 0.25) is 0 Å². The van der Waals surface area contributed by atoms with E-state index in [2.05, 4.69) is 17.3 Å². The molecular weight excluding hydrogens is 405 g/mol. The van der Waals surface area contributed by atoms with Crippen LogP contribution in [0.5, 0.6) is 11.5 Å². The van der Waals surface area contributed by atoms with Crippen molar-refractivity contribution in [3.05, 3.63) is 71.8 Å². The number of fused-ring (bicyclic) bond motifs is 1. The molecule has 0 spiro atoms. The number of ether oxygens (including phenoxy) is 1. The molecule has 0 saturated carbocycles. The van der Waals surface area contributed by atoms with Gasteiger partial charge in [-0.25, -0.2) is 0 Å². The van der Waals surface area contributed by atoms with Crippen LogP contribution in [0.4, 0.5) is 13.2 Å². The minimum atomic E-state index is -4.39. The molecule has 31 heavy (non-hydrogen) atoms. The van der Waals surface area contributed by atoms with Crippen molar-refractivity contribution in [2.75, 3.05) is 20.1 Å². The number of alkyl halides is 3. The lowest BCUT2D eigenvalue weighted by Crippen LogP contribution is -2.53. The second-order valence-electron chi connectivity index (χ2n) is 8.06. The zero-order valence-corrected chi connectivity index (χ0v) is 17.2. The van der Waals surface area contributed by atoms with Crippen molar-refractivity contribution < 1.29 is 22.7 Å². The van der Waals surface area contributed by atoms with E-state index in [0.29, 0.717) is 23.0 Å². The fourth-order valence-corrected chi connectivity index (χ4v) is 3.79. The first-order valence-corrected chi connectivity index (χ1v) is 10.1. The number of carbonyl (C=O) groups excluding carboxylic acids is 1. The number of rotatable bonds is 5. The van der Waals surface area contributed by atoms with Gasteiger partial charge in [0.15, 0.2) is 0 Å². The average molecular weight is 428 g/mol. The number of likely N-dealkylation sites (tertiary alicyclic amines) is 1. The normalized spacial score (nSPS) is 16.0. The third-order valence-electron chi connectivity index (χ3n) is 5.67. The van der Waals surface area contributed by atoms with Gasteiger partial charge in [-0.15, -0.1) is 0 Å². The third kappa shape index (κ3) is 4.66. The Bertz CT molecular complexity index is 1090. The summed E-state index contributed by atoms with van der Waals surface area (Å²) in [6.45, 7) is 3.97. The summed E-state index contributed by atoms with van der Waals surface area (Å²) in [6, 6.07) is 15.4. The van der Waals surface area contributed by atoms with E-state index >= 15 is 0 Å². The predicted molar refractivity (Wildman–Crippen MR) is 113 cm³/mol. The van der Waals surface area contributed by atoms with E-state index in [-0.39, 0.29) is 11.9 Å². The van der Waals surface area contributed by atoms with Crippen LogP contribution in [0, 0.1) is 5.92 Å². The molecule has 0 aliphatic carbocycles. The van der Waals surface area contributed by atoms with Crippen LogP contribution in [0.1, 0.15) is 22.8 Å². The predicted octanol–water partition coefficient (Wildman–Crippen LogP) is 5.33. The van der Waals surface area contributed by atoms with Gasteiger partial charge < -0.3 is 15.0 Å². The standard InChI is InChI=1S/C24H23F3N2O2/c1-15(18-13-29(2)14-18)28-23(30)17-6-11-21-16(12-17)4-3-5-22(21)31-20-9-7-19(8-10-20)24(25,26)27/h3-12,15,18H,13-14H2,1-2H3,(H,28,30)/t15-/m0/s1. The lowest BCUT2D eigenvalue weighted by Gasteiger charge is -2.40. The molecule has 0 aromatic heterocycles. The second-order valence-corrected chi connectivity index (χ2v) is 8.06. The molecule has 1 aliphatic heterocycles. The fourth-order valence-electron chi connectivity index (χ4n) is 3.79. The van der Waals surface area contributed by atoms with Gasteiger partial charge in [0, 0.05) is 36.0 Å². The molecule has 1 N–H and O–H groups in total. The summed E-state index contributed by atoms with van der Waals surface area (Å²) in [5, 5.41) is 4.65. The molecule has 1 amide bonds. The molecule has 7 heteroatoms. The van der Waals surface area contributed by atoms with Crippen LogP contribution in [-0.2, 0) is 6.18 Å². The van der Waals surface area contributed by atoms with Crippen molar-refractivity contribution in [3.63, 3.8) is 0 Å². The number of benzene rings is 3. The van der Waals surface area contributed by atoms with Gasteiger partial charge in [-0.1, -0.05) is 12.1 Å². The first-order valence-electron chi connectivity index (χ1n) is 10.1. The van der Waals surface area contributed by atoms with Gasteiger partial charge in [0.2, 0.25) is 0 Å². The molecular formula is C24H23F3N2O2. The largest absolute Gasteiger partial charge is 0.457 e. The maximum Gasteiger partial charge on any atom is 0.416 e. The minimum Gasteiger partial charge on any atom is -0.457 e. The van der Waals surface area contributed by atoms with E-state index in [1.54, 1.807) is 30.3 Å². The number of nitrogens with zero attached hydrogens (tertiary/aromatic N) is 1. The molecule has 1 atom stereocenters. The van der Waals surface area contributed by atoms with E-state index in [9.17, 15) is 18.0 Å². The van der Waals surface area contributed by atoms with Gasteiger partial charge in [0.1, 0.15) is 11.5 Å². The number of amides is 1. The number of hydrogen-bond acceptors (Lipinski definition) is 3. The monoisotopic (exact) mass is 428 g/mol. The van der Waals surface area contributed by atoms with Crippen LogP contribution < -0.4 is 10.1 Å². The van der Waals surface area contributed by atoms with Crippen LogP contribution in [-0.4, -0.2) is 37.0 Å². The molecule has 3 aromatic carbocycles. The average Bonchev–Trinajstić information content (AvgIpc) is 2.71. The van der Waals surface area contributed by atoms with E-state index in [1.807, 2.05) is 13.0 Å². The topological polar surface area (TPSA) is 41.6 Å². The number of nitrogens with one attached hydrogen (secondary N) is 1. The summed E-state index contributed by atoms with van der Waals surface area (Å²) < 4.78 is 44.1. The molecule has 0 unspecified atom stereocenters. The Morgan fingerprint density at radius 2 is 1.81 bits per heavy atom. The summed E-state index contributed by atoms with van der Waals surface area (Å²) in [7, 11) is 2.05. The Morgan fingerprint density at radius 3 is 2.45 bits per heavy atom. The lowest BCUT2D eigenvalue weighted by atomic mass is 9.93. The van der Waals surface area contributed by atoms with E-state index in [4.69, 9.17) is 4.74 Å². The Kier molecular flexibility index (Phi) is 5.62. The van der Waals surface area contributed by atoms with Crippen molar-refractivity contribution in [2.24, 2.45) is 5.92 Å². The van der Waals surface area contributed by atoms with Crippen molar-refractivity contribution in [1.29, 1.82) is 0 Å². The van der Waals surface area contributed by atoms with Gasteiger partial charge in [-0.3, -0.25) is 4.79 Å². The highest BCUT2D eigenvalue weighted by atomic mass is 19.4. The second kappa shape index (κ2) is 8.23. The fraction of sp³-hybridized carbons (Fsp3) is 0.292. The Morgan fingerprint density at radius 1 is 1.10 bits per heavy atom. The van der Waals surface area contributed by atoms with Crippen LogP contribution >= 0.6 is 0 Å². The smallest absolute Gasteiger partial charge is 0.416 e. The molecule has 0 radical (unpaired) electrons. The molecule has 0 bridgehead atoms. The third-order valence-corrected chi connectivity index (χ3v) is 5.67. The number of hydrogen-bond donors (Lipinski definition) is 1. The maximum absolute atomic E-state index is 12.7. The summed E-state index contributed by atoms with van der Waals surface area (Å²) >= 11 is 0. The molecule has 4 nitrogen and oxygen atoms in total. The first kappa shape index (κ1) is 21.2. The highest BCUT2D eigenvalue weighted by Crippen LogP contribution is 2.33. The Labute approximate surface area is 178 Å². The van der Waals surface area contributed by atoms with Crippen molar-refractivity contribution >= 4 is 16.7 Å². The number of halogens is 3. The molecule has 1 aliphatic rings. The van der Waals surface area contributed by atoms with Gasteiger partial charge in [-0.2, -0.15) is 13.2 Å². The lowest BCUT2D eigenvalue weighted by molar-refractivity contribution is -0.137. The van der Waals surface area contributed by atoms with Crippen LogP contribution in [0.15, 0.2) is 60.7 Å². The highest BCUT2D eigenvalue weighted by molar-refractivity contribution is 6.00. The van der Waals surface area contributed by atoms with Gasteiger partial charge in [0.05, 0.1) is 5.56 Å². The Hall–Kier alpha value is -3.06. The number of carbonyl (C=O) groups is 1. The van der Waals surface area contributed by atoms with Gasteiger partial charge in [-0.05, 0) is 67.9 Å². The molecule has 162 valence electrons. The summed E-state index contributed by atoms with van der Waals surface area (Å²) in [5.41, 5.74) is -0.171. The van der Waals surface area contributed by atoms with Crippen LogP contribution in [0.25, 0.3) is 10.8 Å². The zero-order chi connectivity index (χ0) is 22.2. The summed E-state index contributed by atoms with van der Waals surface area (Å²) in [4.78, 5) is 14.9. The molecule has 1 saturated heterocycles. The van der Waals surface area contributed by atoms with Gasteiger partial charge in [0.25, 0.3) is 5.91 Å². The van der Waals surface area contributed by atoms with Crippen molar-refractivity contribution in [2.45, 2.75) is 19.1 Å².